The average molecular weight is 579 g/mol. The minimum Gasteiger partial charge on any atom is -0.327 e. The van der Waals surface area contributed by atoms with Crippen molar-refractivity contribution in [3.8, 4) is 5.69 Å². The molecule has 2 aromatic carbocycles. The molecule has 2 saturated heterocycles. The van der Waals surface area contributed by atoms with Crippen LogP contribution in [-0.4, -0.2) is 61.2 Å². The molecule has 0 saturated carbocycles. The molecule has 0 spiro atoms. The van der Waals surface area contributed by atoms with Gasteiger partial charge in [-0.15, -0.1) is 0 Å². The summed E-state index contributed by atoms with van der Waals surface area (Å²) in [6, 6.07) is 14.4. The topological polar surface area (TPSA) is 137 Å². The summed E-state index contributed by atoms with van der Waals surface area (Å²) in [7, 11) is 0. The molecule has 4 aromatic rings. The van der Waals surface area contributed by atoms with E-state index in [1.54, 1.807) is 17.0 Å². The Balaban J connectivity index is 1.02. The zero-order valence-electron chi connectivity index (χ0n) is 23.4. The summed E-state index contributed by atoms with van der Waals surface area (Å²) in [6.07, 6.45) is 5.43. The predicted octanol–water partition coefficient (Wildman–Crippen LogP) is 2.21. The van der Waals surface area contributed by atoms with E-state index < -0.39 is 11.9 Å². The van der Waals surface area contributed by atoms with E-state index in [1.165, 1.54) is 22.7 Å². The second kappa shape index (κ2) is 10.7. The van der Waals surface area contributed by atoms with Crippen molar-refractivity contribution in [2.45, 2.75) is 50.7 Å². The highest BCUT2D eigenvalue weighted by atomic mass is 16.2. The maximum absolute atomic E-state index is 13.3. The first kappa shape index (κ1) is 27.0. The van der Waals surface area contributed by atoms with E-state index >= 15 is 0 Å². The Morgan fingerprint density at radius 3 is 2.56 bits per heavy atom. The molecule has 7 rings (SSSR count). The molecule has 0 radical (unpaired) electrons. The zero-order valence-corrected chi connectivity index (χ0v) is 23.4. The van der Waals surface area contributed by atoms with Crippen LogP contribution in [0.5, 0.6) is 0 Å². The van der Waals surface area contributed by atoms with E-state index in [0.717, 1.165) is 37.1 Å². The van der Waals surface area contributed by atoms with Crippen molar-refractivity contribution in [2.24, 2.45) is 0 Å². The van der Waals surface area contributed by atoms with Crippen molar-refractivity contribution in [1.29, 1.82) is 0 Å². The van der Waals surface area contributed by atoms with Crippen molar-refractivity contribution >= 4 is 28.6 Å². The van der Waals surface area contributed by atoms with Crippen molar-refractivity contribution < 1.29 is 14.4 Å². The van der Waals surface area contributed by atoms with Gasteiger partial charge in [0.2, 0.25) is 11.8 Å². The second-order valence-corrected chi connectivity index (χ2v) is 11.5. The largest absolute Gasteiger partial charge is 0.327 e. The molecule has 2 N–H and O–H groups in total. The summed E-state index contributed by atoms with van der Waals surface area (Å²) in [4.78, 5) is 73.4. The first-order chi connectivity index (χ1) is 20.9. The fourth-order valence-electron chi connectivity index (χ4n) is 6.57. The molecule has 1 atom stereocenters. The van der Waals surface area contributed by atoms with Crippen LogP contribution in [-0.2, 0) is 22.7 Å². The fraction of sp³-hybridized carbons (Fsp3) is 0.312. The zero-order chi connectivity index (χ0) is 29.7. The van der Waals surface area contributed by atoms with Crippen LogP contribution in [0.3, 0.4) is 0 Å². The van der Waals surface area contributed by atoms with Gasteiger partial charge in [0.15, 0.2) is 0 Å². The smallest absolute Gasteiger partial charge is 0.272 e. The van der Waals surface area contributed by atoms with Gasteiger partial charge in [0.05, 0.1) is 10.9 Å². The number of nitrogens with zero attached hydrogens (tertiary/aromatic N) is 4. The van der Waals surface area contributed by atoms with Crippen molar-refractivity contribution in [2.75, 3.05) is 13.1 Å². The first-order valence-corrected chi connectivity index (χ1v) is 14.5. The minimum absolute atomic E-state index is 0.154. The minimum atomic E-state index is -0.612. The highest BCUT2D eigenvalue weighted by Gasteiger charge is 2.39. The molecule has 0 bridgehead atoms. The van der Waals surface area contributed by atoms with Gasteiger partial charge >= 0.3 is 0 Å². The van der Waals surface area contributed by atoms with E-state index in [1.807, 2.05) is 30.3 Å². The van der Waals surface area contributed by atoms with Gasteiger partial charge < -0.3 is 9.88 Å². The molecule has 218 valence electrons. The summed E-state index contributed by atoms with van der Waals surface area (Å²) in [5, 5.41) is 2.82. The van der Waals surface area contributed by atoms with Crippen LogP contribution < -0.4 is 16.4 Å². The molecule has 3 amide bonds. The molecule has 11 nitrogen and oxygen atoms in total. The van der Waals surface area contributed by atoms with E-state index in [0.29, 0.717) is 41.9 Å². The van der Waals surface area contributed by atoms with Gasteiger partial charge in [-0.2, -0.15) is 0 Å². The number of amides is 3. The fourth-order valence-corrected chi connectivity index (χ4v) is 6.57. The molecular weight excluding hydrogens is 548 g/mol. The highest BCUT2D eigenvalue weighted by molar-refractivity contribution is 6.05. The van der Waals surface area contributed by atoms with Gasteiger partial charge in [-0.3, -0.25) is 38.8 Å². The standard InChI is InChI=1S/C32H30N6O5/c39-28-8-7-27(30(41)35-28)37-17-22-15-21(4-5-23(22)31(37)42)20-9-12-36(13-10-20)16-19-3-6-25-24(14-19)32(43)38(18-34-25)26-2-1-11-33-29(26)40/h1-6,11,14-15,18,20,27H,7-10,12-13,16-17H2,(H,33,40)(H,35,39,41). The number of nitrogens with one attached hydrogen (secondary N) is 2. The molecule has 11 heteroatoms. The summed E-state index contributed by atoms with van der Waals surface area (Å²) in [6.45, 7) is 2.85. The van der Waals surface area contributed by atoms with Crippen LogP contribution in [0.15, 0.2) is 70.6 Å². The summed E-state index contributed by atoms with van der Waals surface area (Å²) in [5.41, 5.74) is 3.95. The van der Waals surface area contributed by atoms with Crippen LogP contribution in [0.1, 0.15) is 58.6 Å². The number of imide groups is 1. The Kier molecular flexibility index (Phi) is 6.73. The normalized spacial score (nSPS) is 19.6. The third-order valence-corrected chi connectivity index (χ3v) is 8.89. The van der Waals surface area contributed by atoms with Gasteiger partial charge in [-0.25, -0.2) is 4.98 Å². The third-order valence-electron chi connectivity index (χ3n) is 8.89. The van der Waals surface area contributed by atoms with Crippen LogP contribution >= 0.6 is 0 Å². The number of carbonyl (C=O) groups is 3. The summed E-state index contributed by atoms with van der Waals surface area (Å²) in [5.74, 6) is -0.484. The number of likely N-dealkylation sites (tertiary alicyclic amines) is 1. The van der Waals surface area contributed by atoms with E-state index in [9.17, 15) is 24.0 Å². The molecule has 43 heavy (non-hydrogen) atoms. The summed E-state index contributed by atoms with van der Waals surface area (Å²) < 4.78 is 1.28. The molecule has 3 aliphatic heterocycles. The van der Waals surface area contributed by atoms with Crippen LogP contribution in [0.4, 0.5) is 0 Å². The number of H-pyrrole nitrogens is 1. The first-order valence-electron chi connectivity index (χ1n) is 14.5. The Hall–Kier alpha value is -4.90. The number of fused-ring (bicyclic) bond motifs is 2. The molecule has 2 fully saturated rings. The Morgan fingerprint density at radius 1 is 0.930 bits per heavy atom. The average Bonchev–Trinajstić information content (AvgIpc) is 3.33. The van der Waals surface area contributed by atoms with Gasteiger partial charge in [-0.1, -0.05) is 18.2 Å². The number of hydrogen-bond donors (Lipinski definition) is 2. The third kappa shape index (κ3) is 4.95. The summed E-state index contributed by atoms with van der Waals surface area (Å²) >= 11 is 0. The number of hydrogen-bond acceptors (Lipinski definition) is 7. The highest BCUT2D eigenvalue weighted by Crippen LogP contribution is 2.34. The van der Waals surface area contributed by atoms with E-state index in [2.05, 4.69) is 26.3 Å². The molecule has 5 heterocycles. The van der Waals surface area contributed by atoms with Crippen LogP contribution in [0.25, 0.3) is 16.6 Å². The number of benzene rings is 2. The van der Waals surface area contributed by atoms with Crippen molar-refractivity contribution in [3.63, 3.8) is 0 Å². The van der Waals surface area contributed by atoms with Gasteiger partial charge in [-0.05, 0) is 85.3 Å². The molecule has 0 aliphatic carbocycles. The molecular formula is C32H30N6O5. The lowest BCUT2D eigenvalue weighted by Gasteiger charge is -2.32. The number of pyridine rings is 1. The van der Waals surface area contributed by atoms with Crippen LogP contribution in [0.2, 0.25) is 0 Å². The van der Waals surface area contributed by atoms with Gasteiger partial charge in [0.1, 0.15) is 18.1 Å². The predicted molar refractivity (Wildman–Crippen MR) is 158 cm³/mol. The van der Waals surface area contributed by atoms with Crippen LogP contribution in [0, 0.1) is 0 Å². The number of piperidine rings is 2. The SMILES string of the molecule is O=C1CCC(N2Cc3cc(C4CCN(Cc5ccc6ncn(-c7ccc[nH]c7=O)c(=O)c6c5)CC4)ccc3C2=O)C(=O)N1. The molecule has 3 aliphatic rings. The Bertz CT molecular complexity index is 1900. The lowest BCUT2D eigenvalue weighted by molar-refractivity contribution is -0.136. The maximum Gasteiger partial charge on any atom is 0.272 e. The van der Waals surface area contributed by atoms with Gasteiger partial charge in [0, 0.05) is 31.3 Å². The number of rotatable bonds is 5. The number of aromatic amines is 1. The van der Waals surface area contributed by atoms with Crippen molar-refractivity contribution in [1.82, 2.24) is 29.7 Å². The van der Waals surface area contributed by atoms with Gasteiger partial charge in [0.25, 0.3) is 17.0 Å². The Labute approximate surface area is 246 Å². The lowest BCUT2D eigenvalue weighted by Crippen LogP contribution is -2.52. The van der Waals surface area contributed by atoms with E-state index in [-0.39, 0.29) is 35.0 Å². The number of carbonyl (C=O) groups excluding carboxylic acids is 3. The maximum atomic E-state index is 13.3. The molecule has 2 aromatic heterocycles. The lowest BCUT2D eigenvalue weighted by atomic mass is 9.87. The van der Waals surface area contributed by atoms with E-state index in [4.69, 9.17) is 0 Å². The molecule has 1 unspecified atom stereocenters. The monoisotopic (exact) mass is 578 g/mol. The Morgan fingerprint density at radius 2 is 1.77 bits per heavy atom. The van der Waals surface area contributed by atoms with Crippen molar-refractivity contribution in [3.05, 3.63) is 104 Å². The number of aromatic nitrogens is 3. The quantitative estimate of drug-likeness (QED) is 0.347. The second-order valence-electron chi connectivity index (χ2n) is 11.5.